The predicted molar refractivity (Wildman–Crippen MR) is 186 cm³/mol. The first kappa shape index (κ1) is 49.8. The quantitative estimate of drug-likeness (QED) is 0.0684. The summed E-state index contributed by atoms with van der Waals surface area (Å²) in [6, 6.07) is -4.52. The second kappa shape index (κ2) is 21.0. The topological polar surface area (TPSA) is 432 Å². The van der Waals surface area contributed by atoms with Crippen LogP contribution in [-0.2, 0) is 52.3 Å². The van der Waals surface area contributed by atoms with Crippen LogP contribution in [0, 0.1) is 0 Å². The molecule has 0 aromatic heterocycles. The Hall–Kier alpha value is -2.88. The van der Waals surface area contributed by atoms with Crippen molar-refractivity contribution >= 4 is 23.7 Å². The number of ether oxygens (including phenoxy) is 7. The first-order valence-corrected chi connectivity index (χ1v) is 18.7. The van der Waals surface area contributed by atoms with Gasteiger partial charge in [-0.25, -0.2) is 4.79 Å². The van der Waals surface area contributed by atoms with Gasteiger partial charge in [0, 0.05) is 27.2 Å². The van der Waals surface area contributed by atoms with Crippen LogP contribution >= 0.6 is 0 Å². The van der Waals surface area contributed by atoms with Gasteiger partial charge >= 0.3 is 5.97 Å². The van der Waals surface area contributed by atoms with Gasteiger partial charge in [0.2, 0.25) is 17.7 Å². The molecular formula is C33H55N3O24. The van der Waals surface area contributed by atoms with Gasteiger partial charge in [-0.3, -0.25) is 14.4 Å². The van der Waals surface area contributed by atoms with Crippen molar-refractivity contribution < 1.29 is 119 Å². The molecule has 60 heavy (non-hydrogen) atoms. The molecule has 4 heterocycles. The summed E-state index contributed by atoms with van der Waals surface area (Å²) in [6.45, 7) is -0.536. The number of aliphatic hydroxyl groups is 12. The number of hydrogen-bond donors (Lipinski definition) is 16. The van der Waals surface area contributed by atoms with E-state index in [2.05, 4.69) is 16.0 Å². The van der Waals surface area contributed by atoms with E-state index in [1.807, 2.05) is 0 Å². The van der Waals surface area contributed by atoms with E-state index in [1.54, 1.807) is 0 Å². The predicted octanol–water partition coefficient (Wildman–Crippen LogP) is -10.1. The maximum atomic E-state index is 12.6. The summed E-state index contributed by atoms with van der Waals surface area (Å²) >= 11 is 0. The summed E-state index contributed by atoms with van der Waals surface area (Å²) in [6.07, 6.45) is -32.7. The molecule has 27 nitrogen and oxygen atoms in total. The van der Waals surface area contributed by atoms with E-state index >= 15 is 0 Å². The lowest BCUT2D eigenvalue weighted by Crippen LogP contribution is -2.69. The molecule has 4 rings (SSSR count). The van der Waals surface area contributed by atoms with Crippen molar-refractivity contribution in [1.82, 2.24) is 16.0 Å². The minimum Gasteiger partial charge on any atom is -0.477 e. The molecule has 0 bridgehead atoms. The first-order chi connectivity index (χ1) is 28.1. The van der Waals surface area contributed by atoms with Gasteiger partial charge in [0.25, 0.3) is 5.79 Å². The molecule has 4 fully saturated rings. The van der Waals surface area contributed by atoms with Crippen molar-refractivity contribution in [2.24, 2.45) is 0 Å². The van der Waals surface area contributed by atoms with E-state index in [1.165, 1.54) is 0 Å². The van der Waals surface area contributed by atoms with E-state index in [0.29, 0.717) is 0 Å². The highest BCUT2D eigenvalue weighted by Crippen LogP contribution is 2.36. The van der Waals surface area contributed by atoms with Gasteiger partial charge in [-0.2, -0.15) is 0 Å². The Kier molecular flexibility index (Phi) is 17.4. The minimum absolute atomic E-state index is 0.647. The van der Waals surface area contributed by atoms with Gasteiger partial charge < -0.3 is 115 Å². The van der Waals surface area contributed by atoms with E-state index < -0.39 is 185 Å². The molecule has 0 aliphatic carbocycles. The van der Waals surface area contributed by atoms with Crippen LogP contribution in [0.2, 0.25) is 0 Å². The number of carboxylic acids is 1. The third-order valence-corrected chi connectivity index (χ3v) is 10.4. The van der Waals surface area contributed by atoms with Crippen molar-refractivity contribution in [3.8, 4) is 0 Å². The normalized spacial score (nSPS) is 43.3. The SMILES string of the molecule is CC(=O)N[C@@H]1[C@@H](O)[C@@H](O)[C@@H](CO[C@@H]2O[C@H](CO)[C@@H](O[C@@H]3O[C@H](CO[C@]4(C(=O)O)C[C@H](O)[C@@H](NC(C)=O)[C@H]([C@H](O)[C@H](O)CO)O4)[C@H](O)[C@H](O)[C@H]3O)[C@H](O)[C@H]2NC(C)=O)O[C@H]1O. The third kappa shape index (κ3) is 11.2. The standard InChI is InChI=1S/C33H55N3O24/c1-9(39)34-17-12(42)4-33(32(52)53,60-28(17)20(44)13(43)5-37)55-8-16-22(46)25(49)26(50)31(58-16)59-27-14(6-38)57-30(19(24(27)48)36-11(3)41)54-7-15-21(45)23(47)18(29(51)56-15)35-10(2)40/h12-31,37-38,42-51H,4-8H2,1-3H3,(H,34,39)(H,35,40)(H,36,41)(H,52,53)/t12-,13+,14+,15+,16+,17+,18+,19+,20+,21-,22-,23+,24+,25-,26+,27+,28+,29+,30+,31-,33+/m0/s1. The highest BCUT2D eigenvalue weighted by Gasteiger charge is 2.58. The smallest absolute Gasteiger partial charge is 0.364 e. The zero-order chi connectivity index (χ0) is 45.0. The van der Waals surface area contributed by atoms with Gasteiger partial charge in [0.05, 0.1) is 38.6 Å². The summed E-state index contributed by atoms with van der Waals surface area (Å²) in [5.74, 6) is -6.99. The van der Waals surface area contributed by atoms with Crippen LogP contribution in [0.4, 0.5) is 0 Å². The van der Waals surface area contributed by atoms with Gasteiger partial charge in [-0.1, -0.05) is 0 Å². The minimum atomic E-state index is -2.91. The number of amides is 3. The molecule has 0 radical (unpaired) electrons. The molecule has 0 saturated carbocycles. The molecule has 346 valence electrons. The average molecular weight is 878 g/mol. The van der Waals surface area contributed by atoms with Crippen LogP contribution in [0.5, 0.6) is 0 Å². The Bertz CT molecular complexity index is 1470. The fourth-order valence-electron chi connectivity index (χ4n) is 7.25. The molecule has 4 saturated heterocycles. The molecule has 21 atom stereocenters. The molecule has 4 aliphatic rings. The van der Waals surface area contributed by atoms with Crippen molar-refractivity contribution in [2.75, 3.05) is 26.4 Å². The van der Waals surface area contributed by atoms with Crippen LogP contribution < -0.4 is 16.0 Å². The number of aliphatic hydroxyl groups excluding tert-OH is 12. The number of carbonyl (C=O) groups excluding carboxylic acids is 3. The van der Waals surface area contributed by atoms with E-state index in [0.717, 1.165) is 20.8 Å². The summed E-state index contributed by atoms with van der Waals surface area (Å²) in [7, 11) is 0. The lowest BCUT2D eigenvalue weighted by Gasteiger charge is -2.48. The molecule has 16 N–H and O–H groups in total. The van der Waals surface area contributed by atoms with E-state index in [9.17, 15) is 85.6 Å². The fraction of sp³-hybridized carbons (Fsp3) is 0.879. The van der Waals surface area contributed by atoms with Gasteiger partial charge in [0.1, 0.15) is 91.4 Å². The molecule has 0 unspecified atom stereocenters. The molecule has 4 aliphatic heterocycles. The van der Waals surface area contributed by atoms with Crippen LogP contribution in [0.25, 0.3) is 0 Å². The summed E-state index contributed by atoms with van der Waals surface area (Å²) in [4.78, 5) is 48.1. The molecule has 0 aromatic rings. The fourth-order valence-corrected chi connectivity index (χ4v) is 7.25. The van der Waals surface area contributed by atoms with Gasteiger partial charge in [-0.05, 0) is 0 Å². The Morgan fingerprint density at radius 3 is 1.80 bits per heavy atom. The van der Waals surface area contributed by atoms with Crippen LogP contribution in [-0.4, -0.2) is 245 Å². The number of aliphatic carboxylic acids is 1. The average Bonchev–Trinajstić information content (AvgIpc) is 3.18. The number of carbonyl (C=O) groups is 4. The highest BCUT2D eigenvalue weighted by molar-refractivity contribution is 5.76. The second-order valence-corrected chi connectivity index (χ2v) is 14.9. The number of hydrogen-bond acceptors (Lipinski definition) is 23. The zero-order valence-corrected chi connectivity index (χ0v) is 32.4. The monoisotopic (exact) mass is 877 g/mol. The summed E-state index contributed by atoms with van der Waals surface area (Å²) in [5.41, 5.74) is 0. The Labute approximate surface area is 340 Å². The maximum absolute atomic E-state index is 12.6. The lowest BCUT2D eigenvalue weighted by molar-refractivity contribution is -0.361. The van der Waals surface area contributed by atoms with Crippen molar-refractivity contribution in [2.45, 2.75) is 155 Å². The zero-order valence-electron chi connectivity index (χ0n) is 32.4. The first-order valence-electron chi connectivity index (χ1n) is 18.7. The second-order valence-electron chi connectivity index (χ2n) is 14.9. The number of rotatable bonds is 16. The Balaban J connectivity index is 1.50. The largest absolute Gasteiger partial charge is 0.477 e. The molecule has 0 spiro atoms. The number of carboxylic acid groups (broad SMARTS) is 1. The van der Waals surface area contributed by atoms with Gasteiger partial charge in [-0.15, -0.1) is 0 Å². The Morgan fingerprint density at radius 2 is 1.23 bits per heavy atom. The lowest BCUT2D eigenvalue weighted by atomic mass is 9.88. The summed E-state index contributed by atoms with van der Waals surface area (Å²) < 4.78 is 39.1. The molecule has 3 amide bonds. The highest BCUT2D eigenvalue weighted by atomic mass is 16.8. The molecule has 27 heteroatoms. The van der Waals surface area contributed by atoms with Crippen LogP contribution in [0.3, 0.4) is 0 Å². The number of nitrogens with one attached hydrogen (secondary N) is 3. The van der Waals surface area contributed by atoms with Gasteiger partial charge in [0.15, 0.2) is 18.9 Å². The summed E-state index contributed by atoms with van der Waals surface area (Å²) in [5, 5.41) is 144. The van der Waals surface area contributed by atoms with Crippen molar-refractivity contribution in [3.05, 3.63) is 0 Å². The van der Waals surface area contributed by atoms with Crippen LogP contribution in [0.1, 0.15) is 27.2 Å². The molecule has 0 aromatic carbocycles. The van der Waals surface area contributed by atoms with E-state index in [4.69, 9.17) is 33.2 Å². The van der Waals surface area contributed by atoms with Crippen molar-refractivity contribution in [3.63, 3.8) is 0 Å². The van der Waals surface area contributed by atoms with Crippen LogP contribution in [0.15, 0.2) is 0 Å². The molecular weight excluding hydrogens is 822 g/mol. The van der Waals surface area contributed by atoms with Crippen molar-refractivity contribution in [1.29, 1.82) is 0 Å². The third-order valence-electron chi connectivity index (χ3n) is 10.4. The Morgan fingerprint density at radius 1 is 0.683 bits per heavy atom. The van der Waals surface area contributed by atoms with E-state index in [-0.39, 0.29) is 0 Å². The maximum Gasteiger partial charge on any atom is 0.364 e.